The molecule has 0 aliphatic rings. The van der Waals surface area contributed by atoms with Crippen LogP contribution in [0.1, 0.15) is 6.92 Å². The first-order valence-electron chi connectivity index (χ1n) is 1.02. The smallest absolute Gasteiger partial charge is 1.00 e. The minimum Gasteiger partial charge on any atom is -1.00 e. The van der Waals surface area contributed by atoms with E-state index in [4.69, 9.17) is 5.11 Å². The minimum absolute atomic E-state index is 0. The van der Waals surface area contributed by atoms with Gasteiger partial charge in [0.1, 0.15) is 0 Å². The fraction of sp³-hybridized carbons (Fsp3) is 1.00. The summed E-state index contributed by atoms with van der Waals surface area (Å²) in [4.78, 5) is 0. The summed E-state index contributed by atoms with van der Waals surface area (Å²) in [5, 5.41) is 7.57. The summed E-state index contributed by atoms with van der Waals surface area (Å²) < 4.78 is 0. The van der Waals surface area contributed by atoms with Gasteiger partial charge in [-0.15, -0.1) is 0 Å². The van der Waals surface area contributed by atoms with Gasteiger partial charge in [0.05, 0.1) is 0 Å². The van der Waals surface area contributed by atoms with Crippen LogP contribution in [0.25, 0.3) is 0 Å². The van der Waals surface area contributed by atoms with Crippen LogP contribution in [-0.4, -0.2) is 17.2 Å². The Bertz CT molecular complexity index is 15.2. The first kappa shape index (κ1) is 57.2. The molecule has 0 aromatic heterocycles. The van der Waals surface area contributed by atoms with E-state index < -0.39 is 0 Å². The average Bonchev–Trinajstić information content (AvgIpc) is 0.918. The fourth-order valence-corrected chi connectivity index (χ4v) is 0. The Morgan fingerprint density at radius 2 is 1.12 bits per heavy atom. The summed E-state index contributed by atoms with van der Waals surface area (Å²) in [6.45, 7) is 1.93. The second-order valence-electron chi connectivity index (χ2n) is 0.316. The largest absolute Gasteiger partial charge is 3.00 e. The molecule has 0 aromatic carbocycles. The third-order valence-electron chi connectivity index (χ3n) is 0. The fourth-order valence-electron chi connectivity index (χ4n) is 0. The molecule has 0 rings (SSSR count). The van der Waals surface area contributed by atoms with E-state index in [9.17, 15) is 0 Å². The first-order valence-corrected chi connectivity index (χ1v) is 1.02. The molecule has 0 aliphatic carbocycles. The number of hydrogen-bond acceptors (Lipinski definition) is 1. The normalized spacial score (nSPS) is 2.25. The van der Waals surface area contributed by atoms with E-state index in [0.29, 0.717) is 0 Å². The number of hydrogen-bond donors (Lipinski definition) is 1. The number of rotatable bonds is 0. The van der Waals surface area contributed by atoms with Gasteiger partial charge in [-0.25, -0.2) is 0 Å². The van der Waals surface area contributed by atoms with Crippen molar-refractivity contribution in [1.29, 1.82) is 0 Å². The van der Waals surface area contributed by atoms with E-state index in [0.717, 1.165) is 0 Å². The van der Waals surface area contributed by atoms with Crippen LogP contribution in [0.2, 0.25) is 0 Å². The quantitative estimate of drug-likeness (QED) is 0.437. The zero-order chi connectivity index (χ0) is 2.71. The van der Waals surface area contributed by atoms with Crippen molar-refractivity contribution in [3.8, 4) is 0 Å². The van der Waals surface area contributed by atoms with Crippen LogP contribution in [0, 0.1) is 0 Å². The second-order valence-corrected chi connectivity index (χ2v) is 0.316. The van der Waals surface area contributed by atoms with Gasteiger partial charge < -0.3 is 47.8 Å². The van der Waals surface area contributed by atoms with Crippen molar-refractivity contribution < 1.29 is 67.3 Å². The monoisotopic (exact) mass is 271 g/mol. The van der Waals surface area contributed by atoms with Gasteiger partial charge in [0.15, 0.2) is 0 Å². The summed E-state index contributed by atoms with van der Waals surface area (Å²) in [6, 6.07) is 0. The maximum absolute atomic E-state index is 7.57. The standard InChI is InChI=1S/C2H6O.3ClH.H2O.Ru/c1-2-3;;;;;/h3H,2H2,1H3;3*1H;1H2;/q;;;;;+3/p-3. The predicted octanol–water partition coefficient (Wildman–Crippen LogP) is -9.82. The summed E-state index contributed by atoms with van der Waals surface area (Å²) in [7, 11) is 0. The molecule has 1 radical (unpaired) electrons. The van der Waals surface area contributed by atoms with Crippen molar-refractivity contribution in [3.05, 3.63) is 0 Å². The SMILES string of the molecule is CCO.O.[Cl-].[Cl-].[Cl-].[Ru+3]. The minimum atomic E-state index is 0. The molecule has 0 bridgehead atoms. The van der Waals surface area contributed by atoms with E-state index in [1.807, 2.05) is 0 Å². The van der Waals surface area contributed by atoms with Gasteiger partial charge in [-0.05, 0) is 6.92 Å². The Kier molecular flexibility index (Phi) is 568. The van der Waals surface area contributed by atoms with Crippen molar-refractivity contribution >= 4 is 0 Å². The third-order valence-corrected chi connectivity index (χ3v) is 0. The van der Waals surface area contributed by atoms with Crippen LogP contribution in [-0.2, 0) is 19.5 Å². The van der Waals surface area contributed by atoms with Crippen LogP contribution < -0.4 is 37.2 Å². The van der Waals surface area contributed by atoms with Crippen molar-refractivity contribution in [1.82, 2.24) is 0 Å². The van der Waals surface area contributed by atoms with Crippen molar-refractivity contribution in [2.24, 2.45) is 0 Å². The van der Waals surface area contributed by atoms with E-state index in [2.05, 4.69) is 0 Å². The van der Waals surface area contributed by atoms with E-state index >= 15 is 0 Å². The summed E-state index contributed by atoms with van der Waals surface area (Å²) in [5.74, 6) is 0. The third kappa shape index (κ3) is 153. The first-order chi connectivity index (χ1) is 1.41. The molecular formula is C2H8Cl3O2Ru. The Hall–Kier alpha value is 1.41. The maximum Gasteiger partial charge on any atom is 3.00 e. The predicted molar refractivity (Wildman–Crippen MR) is 16.4 cm³/mol. The van der Waals surface area contributed by atoms with Gasteiger partial charge in [-0.1, -0.05) is 0 Å². The van der Waals surface area contributed by atoms with E-state index in [-0.39, 0.29) is 68.8 Å². The molecule has 0 atom stereocenters. The molecule has 0 amide bonds. The molecule has 57 valence electrons. The molecule has 0 spiro atoms. The molecule has 2 nitrogen and oxygen atoms in total. The Balaban J connectivity index is -0.00000000200. The molecule has 0 fully saturated rings. The second kappa shape index (κ2) is 79.4. The van der Waals surface area contributed by atoms with Crippen LogP contribution in [0.3, 0.4) is 0 Å². The van der Waals surface area contributed by atoms with Gasteiger partial charge >= 0.3 is 19.5 Å². The van der Waals surface area contributed by atoms with Crippen molar-refractivity contribution in [2.45, 2.75) is 6.92 Å². The maximum atomic E-state index is 7.57. The molecule has 0 saturated heterocycles. The number of aliphatic hydroxyl groups excluding tert-OH is 1. The zero-order valence-corrected chi connectivity index (χ0v) is 8.15. The summed E-state index contributed by atoms with van der Waals surface area (Å²) >= 11 is 0. The molecule has 0 aliphatic heterocycles. The van der Waals surface area contributed by atoms with Gasteiger partial charge in [0.2, 0.25) is 0 Å². The van der Waals surface area contributed by atoms with Gasteiger partial charge in [-0.3, -0.25) is 0 Å². The Morgan fingerprint density at radius 3 is 1.12 bits per heavy atom. The van der Waals surface area contributed by atoms with Crippen LogP contribution in [0.15, 0.2) is 0 Å². The van der Waals surface area contributed by atoms with Crippen LogP contribution in [0.4, 0.5) is 0 Å². The summed E-state index contributed by atoms with van der Waals surface area (Å²) in [6.07, 6.45) is 0. The average molecular weight is 272 g/mol. The molecule has 0 aromatic rings. The molecule has 6 heteroatoms. The summed E-state index contributed by atoms with van der Waals surface area (Å²) in [5.41, 5.74) is 0. The molecule has 8 heavy (non-hydrogen) atoms. The van der Waals surface area contributed by atoms with E-state index in [1.165, 1.54) is 0 Å². The van der Waals surface area contributed by atoms with Crippen molar-refractivity contribution in [2.75, 3.05) is 6.61 Å². The van der Waals surface area contributed by atoms with Gasteiger partial charge in [0, 0.05) is 6.61 Å². The molecule has 3 N–H and O–H groups in total. The Labute approximate surface area is 80.7 Å². The Morgan fingerprint density at radius 1 is 1.12 bits per heavy atom. The zero-order valence-electron chi connectivity index (χ0n) is 4.14. The molecule has 0 heterocycles. The molecular weight excluding hydrogens is 263 g/mol. The van der Waals surface area contributed by atoms with E-state index in [1.54, 1.807) is 6.92 Å². The van der Waals surface area contributed by atoms with Gasteiger partial charge in [0.25, 0.3) is 0 Å². The van der Waals surface area contributed by atoms with Crippen LogP contribution >= 0.6 is 0 Å². The van der Waals surface area contributed by atoms with Crippen molar-refractivity contribution in [3.63, 3.8) is 0 Å². The topological polar surface area (TPSA) is 51.7 Å². The van der Waals surface area contributed by atoms with Gasteiger partial charge in [-0.2, -0.15) is 0 Å². The van der Waals surface area contributed by atoms with Crippen LogP contribution in [0.5, 0.6) is 0 Å². The number of aliphatic hydroxyl groups is 1. The number of halogens is 3. The molecule has 0 unspecified atom stereocenters. The molecule has 0 saturated carbocycles.